The molecule has 0 spiro atoms. The van der Waals surface area contributed by atoms with Gasteiger partial charge in [0.15, 0.2) is 5.13 Å². The van der Waals surface area contributed by atoms with Crippen LogP contribution in [0.15, 0.2) is 23.6 Å². The third kappa shape index (κ3) is 2.92. The number of aryl methyl sites for hydroxylation is 2. The van der Waals surface area contributed by atoms with Gasteiger partial charge >= 0.3 is 5.97 Å². The van der Waals surface area contributed by atoms with Crippen molar-refractivity contribution in [3.05, 3.63) is 34.7 Å². The smallest absolute Gasteiger partial charge is 0.307 e. The van der Waals surface area contributed by atoms with E-state index in [4.69, 9.17) is 0 Å². The lowest BCUT2D eigenvalue weighted by Crippen LogP contribution is -2.37. The van der Waals surface area contributed by atoms with E-state index >= 15 is 0 Å². The minimum Gasteiger partial charge on any atom is -0.481 e. The van der Waals surface area contributed by atoms with E-state index < -0.39 is 17.8 Å². The molecule has 26 heavy (non-hydrogen) atoms. The second kappa shape index (κ2) is 6.50. The van der Waals surface area contributed by atoms with Crippen molar-refractivity contribution in [2.24, 2.45) is 23.7 Å². The molecule has 2 aromatic rings. The number of nitrogens with one attached hydrogen (secondary N) is 1. The van der Waals surface area contributed by atoms with Gasteiger partial charge in [0.2, 0.25) is 5.91 Å². The Morgan fingerprint density at radius 3 is 2.62 bits per heavy atom. The van der Waals surface area contributed by atoms with E-state index in [1.165, 1.54) is 16.9 Å². The van der Waals surface area contributed by atoms with Crippen LogP contribution in [-0.4, -0.2) is 22.0 Å². The van der Waals surface area contributed by atoms with Crippen molar-refractivity contribution in [1.82, 2.24) is 4.98 Å². The molecule has 0 unspecified atom stereocenters. The number of carbonyl (C=O) groups is 2. The number of aromatic nitrogens is 1. The van der Waals surface area contributed by atoms with Crippen molar-refractivity contribution in [1.29, 1.82) is 0 Å². The average molecular weight is 370 g/mol. The quantitative estimate of drug-likeness (QED) is 0.849. The number of fused-ring (bicyclic) bond motifs is 2. The zero-order valence-corrected chi connectivity index (χ0v) is 15.7. The molecule has 2 N–H and O–H groups in total. The molecule has 136 valence electrons. The number of carboxylic acid groups (broad SMARTS) is 1. The number of aliphatic carboxylic acids is 1. The summed E-state index contributed by atoms with van der Waals surface area (Å²) in [4.78, 5) is 28.9. The Hall–Kier alpha value is -2.21. The Bertz CT molecular complexity index is 876. The standard InChI is InChI=1S/C20H22N2O3S/c1-10-3-6-14(11(2)7-10)15-9-26-20(21-15)22-18(23)16-12-4-5-13(8-12)17(16)19(24)25/h3,6-7,9,12-13,16-17H,4-5,8H2,1-2H3,(H,24,25)(H,21,22,23)/t12-,13-,16+,17+/m0/s1. The molecule has 1 aromatic heterocycles. The van der Waals surface area contributed by atoms with Crippen LogP contribution in [0.4, 0.5) is 5.13 Å². The van der Waals surface area contributed by atoms with Gasteiger partial charge < -0.3 is 10.4 Å². The summed E-state index contributed by atoms with van der Waals surface area (Å²) < 4.78 is 0. The SMILES string of the molecule is Cc1ccc(-c2csc(NC(=O)[C@@H]3[C@H]4CC[C@@H](C4)[C@H]3C(=O)O)n2)c(C)c1. The summed E-state index contributed by atoms with van der Waals surface area (Å²) in [5, 5.41) is 14.9. The van der Waals surface area contributed by atoms with Crippen LogP contribution in [0.2, 0.25) is 0 Å². The van der Waals surface area contributed by atoms with Gasteiger partial charge in [-0.1, -0.05) is 23.8 Å². The molecule has 2 aliphatic rings. The minimum absolute atomic E-state index is 0.148. The molecule has 0 aliphatic heterocycles. The van der Waals surface area contributed by atoms with E-state index in [0.29, 0.717) is 5.13 Å². The van der Waals surface area contributed by atoms with E-state index in [-0.39, 0.29) is 17.7 Å². The van der Waals surface area contributed by atoms with E-state index in [9.17, 15) is 14.7 Å². The first-order valence-electron chi connectivity index (χ1n) is 9.01. The molecular weight excluding hydrogens is 348 g/mol. The average Bonchev–Trinajstić information content (AvgIpc) is 3.29. The fraction of sp³-hybridized carbons (Fsp3) is 0.450. The van der Waals surface area contributed by atoms with Gasteiger partial charge in [0, 0.05) is 10.9 Å². The molecule has 2 aliphatic carbocycles. The maximum atomic E-state index is 12.8. The van der Waals surface area contributed by atoms with E-state index in [2.05, 4.69) is 23.3 Å². The monoisotopic (exact) mass is 370 g/mol. The number of carbonyl (C=O) groups excluding carboxylic acids is 1. The molecule has 1 heterocycles. The molecule has 1 aromatic carbocycles. The molecule has 1 amide bonds. The highest BCUT2D eigenvalue weighted by molar-refractivity contribution is 7.14. The Balaban J connectivity index is 1.52. The first kappa shape index (κ1) is 17.2. The Morgan fingerprint density at radius 2 is 1.92 bits per heavy atom. The van der Waals surface area contributed by atoms with Crippen molar-refractivity contribution in [2.75, 3.05) is 5.32 Å². The largest absolute Gasteiger partial charge is 0.481 e. The van der Waals surface area contributed by atoms with E-state index in [1.54, 1.807) is 0 Å². The van der Waals surface area contributed by atoms with Crippen molar-refractivity contribution in [3.63, 3.8) is 0 Å². The first-order valence-corrected chi connectivity index (χ1v) is 9.89. The molecule has 2 saturated carbocycles. The zero-order chi connectivity index (χ0) is 18.4. The number of hydrogen-bond acceptors (Lipinski definition) is 4. The lowest BCUT2D eigenvalue weighted by atomic mass is 9.79. The predicted octanol–water partition coefficient (Wildman–Crippen LogP) is 4.11. The molecule has 2 bridgehead atoms. The number of benzene rings is 1. The van der Waals surface area contributed by atoms with Crippen LogP contribution in [0.25, 0.3) is 11.3 Å². The highest BCUT2D eigenvalue weighted by atomic mass is 32.1. The minimum atomic E-state index is -0.840. The molecule has 4 atom stereocenters. The molecule has 0 saturated heterocycles. The normalized spacial score (nSPS) is 26.8. The van der Waals surface area contributed by atoms with E-state index in [1.807, 2.05) is 24.4 Å². The summed E-state index contributed by atoms with van der Waals surface area (Å²) in [6.45, 7) is 4.10. The number of hydrogen-bond donors (Lipinski definition) is 2. The Labute approximate surface area is 156 Å². The van der Waals surface area contributed by atoms with Gasteiger partial charge in [-0.2, -0.15) is 0 Å². The van der Waals surface area contributed by atoms with E-state index in [0.717, 1.165) is 36.1 Å². The van der Waals surface area contributed by atoms with Crippen molar-refractivity contribution < 1.29 is 14.7 Å². The Morgan fingerprint density at radius 1 is 1.19 bits per heavy atom. The predicted molar refractivity (Wildman–Crippen MR) is 101 cm³/mol. The van der Waals surface area contributed by atoms with Gasteiger partial charge in [-0.15, -0.1) is 11.3 Å². The summed E-state index contributed by atoms with van der Waals surface area (Å²) in [7, 11) is 0. The number of anilines is 1. The summed E-state index contributed by atoms with van der Waals surface area (Å²) >= 11 is 1.38. The summed E-state index contributed by atoms with van der Waals surface area (Å²) in [5.74, 6) is -1.67. The van der Waals surface area contributed by atoms with Gasteiger partial charge in [0.25, 0.3) is 0 Å². The highest BCUT2D eigenvalue weighted by Gasteiger charge is 2.54. The third-order valence-corrected chi connectivity index (χ3v) is 6.65. The fourth-order valence-electron chi connectivity index (χ4n) is 4.77. The zero-order valence-electron chi connectivity index (χ0n) is 14.9. The first-order chi connectivity index (χ1) is 12.4. The highest BCUT2D eigenvalue weighted by Crippen LogP contribution is 2.52. The summed E-state index contributed by atoms with van der Waals surface area (Å²) in [5.41, 5.74) is 4.24. The fourth-order valence-corrected chi connectivity index (χ4v) is 5.48. The lowest BCUT2D eigenvalue weighted by Gasteiger charge is -2.26. The van der Waals surface area contributed by atoms with Crippen LogP contribution in [0.3, 0.4) is 0 Å². The maximum Gasteiger partial charge on any atom is 0.307 e. The molecule has 2 fully saturated rings. The second-order valence-electron chi connectivity index (χ2n) is 7.57. The van der Waals surface area contributed by atoms with Gasteiger partial charge in [0.1, 0.15) is 0 Å². The van der Waals surface area contributed by atoms with Crippen molar-refractivity contribution in [3.8, 4) is 11.3 Å². The molecule has 5 nitrogen and oxygen atoms in total. The second-order valence-corrected chi connectivity index (χ2v) is 8.43. The van der Waals surface area contributed by atoms with Crippen LogP contribution in [-0.2, 0) is 9.59 Å². The topological polar surface area (TPSA) is 79.3 Å². The van der Waals surface area contributed by atoms with Gasteiger partial charge in [-0.05, 0) is 50.5 Å². The van der Waals surface area contributed by atoms with Crippen LogP contribution >= 0.6 is 11.3 Å². The number of amides is 1. The van der Waals surface area contributed by atoms with Crippen molar-refractivity contribution >= 4 is 28.3 Å². The lowest BCUT2D eigenvalue weighted by molar-refractivity contribution is -0.148. The number of nitrogens with zero attached hydrogens (tertiary/aromatic N) is 1. The van der Waals surface area contributed by atoms with Crippen LogP contribution in [0.5, 0.6) is 0 Å². The number of rotatable bonds is 4. The third-order valence-electron chi connectivity index (χ3n) is 5.90. The number of thiazole rings is 1. The Kier molecular flexibility index (Phi) is 4.31. The maximum absolute atomic E-state index is 12.8. The van der Waals surface area contributed by atoms with Crippen LogP contribution in [0, 0.1) is 37.5 Å². The van der Waals surface area contributed by atoms with Gasteiger partial charge in [-0.3, -0.25) is 9.59 Å². The van der Waals surface area contributed by atoms with Gasteiger partial charge in [0.05, 0.1) is 17.5 Å². The van der Waals surface area contributed by atoms with Crippen molar-refractivity contribution in [2.45, 2.75) is 33.1 Å². The van der Waals surface area contributed by atoms with Crippen LogP contribution < -0.4 is 5.32 Å². The number of carboxylic acids is 1. The summed E-state index contributed by atoms with van der Waals surface area (Å²) in [6.07, 6.45) is 2.75. The van der Waals surface area contributed by atoms with Gasteiger partial charge in [-0.25, -0.2) is 4.98 Å². The van der Waals surface area contributed by atoms with Crippen LogP contribution in [0.1, 0.15) is 30.4 Å². The molecular formula is C20H22N2O3S. The molecule has 0 radical (unpaired) electrons. The summed E-state index contributed by atoms with van der Waals surface area (Å²) in [6, 6.07) is 6.20. The molecule has 6 heteroatoms. The molecule has 4 rings (SSSR count).